The molecule has 2 aliphatic rings. The smallest absolute Gasteiger partial charge is 0.234 e. The molecule has 0 atom stereocenters. The molecule has 1 amide bonds. The van der Waals surface area contributed by atoms with Crippen LogP contribution in [-0.2, 0) is 4.79 Å². The Kier molecular flexibility index (Phi) is 3.46. The number of rotatable bonds is 3. The summed E-state index contributed by atoms with van der Waals surface area (Å²) < 4.78 is 0. The Labute approximate surface area is 104 Å². The average molecular weight is 239 g/mol. The Morgan fingerprint density at radius 1 is 1.29 bits per heavy atom. The van der Waals surface area contributed by atoms with Crippen molar-refractivity contribution in [3.8, 4) is 0 Å². The Hall–Kier alpha value is -0.610. The molecule has 2 N–H and O–H groups in total. The van der Waals surface area contributed by atoms with E-state index in [-0.39, 0.29) is 16.9 Å². The zero-order valence-electron chi connectivity index (χ0n) is 11.3. The number of hydrogen-bond donors (Lipinski definition) is 2. The molecule has 1 saturated heterocycles. The van der Waals surface area contributed by atoms with Crippen LogP contribution in [0.2, 0.25) is 0 Å². The van der Waals surface area contributed by atoms with E-state index in [0.29, 0.717) is 6.54 Å². The predicted molar refractivity (Wildman–Crippen MR) is 68.9 cm³/mol. The number of nitrogens with one attached hydrogen (secondary N) is 2. The van der Waals surface area contributed by atoms with Crippen LogP contribution < -0.4 is 10.6 Å². The van der Waals surface area contributed by atoms with Crippen LogP contribution in [-0.4, -0.2) is 49.1 Å². The van der Waals surface area contributed by atoms with Gasteiger partial charge in [0.25, 0.3) is 0 Å². The van der Waals surface area contributed by atoms with Crippen LogP contribution in [0.1, 0.15) is 33.6 Å². The maximum Gasteiger partial charge on any atom is 0.234 e. The van der Waals surface area contributed by atoms with Gasteiger partial charge in [-0.25, -0.2) is 0 Å². The lowest BCUT2D eigenvalue weighted by Crippen LogP contribution is -2.52. The zero-order valence-corrected chi connectivity index (χ0v) is 11.3. The first-order valence-corrected chi connectivity index (χ1v) is 6.67. The van der Waals surface area contributed by atoms with Gasteiger partial charge in [-0.05, 0) is 18.3 Å². The van der Waals surface area contributed by atoms with Gasteiger partial charge in [0.05, 0.1) is 6.54 Å². The van der Waals surface area contributed by atoms with Gasteiger partial charge in [-0.15, -0.1) is 0 Å². The van der Waals surface area contributed by atoms with E-state index < -0.39 is 0 Å². The molecule has 0 aromatic carbocycles. The van der Waals surface area contributed by atoms with E-state index in [1.54, 1.807) is 0 Å². The van der Waals surface area contributed by atoms with Crippen molar-refractivity contribution >= 4 is 5.91 Å². The second-order valence-corrected chi connectivity index (χ2v) is 6.41. The second-order valence-electron chi connectivity index (χ2n) is 6.41. The number of amides is 1. The Bertz CT molecular complexity index is 286. The maximum atomic E-state index is 12.0. The Morgan fingerprint density at radius 2 is 1.88 bits per heavy atom. The topological polar surface area (TPSA) is 44.4 Å². The molecule has 17 heavy (non-hydrogen) atoms. The lowest BCUT2D eigenvalue weighted by atomic mass is 9.84. The highest BCUT2D eigenvalue weighted by molar-refractivity contribution is 5.79. The number of piperazine rings is 1. The van der Waals surface area contributed by atoms with E-state index in [0.717, 1.165) is 39.0 Å². The van der Waals surface area contributed by atoms with Crippen molar-refractivity contribution in [2.45, 2.75) is 39.2 Å². The SMILES string of the molecule is CC(C)(C)C1(NC(=O)CN2CCNCC2)CC1. The normalized spacial score (nSPS) is 24.4. The fraction of sp³-hybridized carbons (Fsp3) is 0.923. The van der Waals surface area contributed by atoms with Crippen molar-refractivity contribution in [3.05, 3.63) is 0 Å². The van der Waals surface area contributed by atoms with E-state index in [4.69, 9.17) is 0 Å². The van der Waals surface area contributed by atoms with E-state index in [2.05, 4.69) is 36.3 Å². The molecule has 4 heteroatoms. The monoisotopic (exact) mass is 239 g/mol. The van der Waals surface area contributed by atoms with Gasteiger partial charge in [0.15, 0.2) is 0 Å². The number of hydrogen-bond acceptors (Lipinski definition) is 3. The standard InChI is InChI=1S/C13H25N3O/c1-12(2,3)13(4-5-13)15-11(17)10-16-8-6-14-7-9-16/h14H,4-10H2,1-3H3,(H,15,17). The first-order chi connectivity index (χ1) is 7.93. The van der Waals surface area contributed by atoms with E-state index in [1.807, 2.05) is 0 Å². The minimum atomic E-state index is 0.0676. The maximum absolute atomic E-state index is 12.0. The summed E-state index contributed by atoms with van der Waals surface area (Å²) in [6, 6.07) is 0. The van der Waals surface area contributed by atoms with Crippen LogP contribution in [0.5, 0.6) is 0 Å². The lowest BCUT2D eigenvalue weighted by Gasteiger charge is -2.33. The molecule has 0 unspecified atom stereocenters. The Balaban J connectivity index is 1.81. The van der Waals surface area contributed by atoms with Crippen LogP contribution in [0.3, 0.4) is 0 Å². The molecule has 2 rings (SSSR count). The molecule has 2 fully saturated rings. The molecular weight excluding hydrogens is 214 g/mol. The van der Waals surface area contributed by atoms with Crippen molar-refractivity contribution in [1.29, 1.82) is 0 Å². The molecule has 0 aromatic rings. The average Bonchev–Trinajstić information content (AvgIpc) is 2.99. The van der Waals surface area contributed by atoms with E-state index in [1.165, 1.54) is 0 Å². The summed E-state index contributed by atoms with van der Waals surface area (Å²) in [6.45, 7) is 11.2. The third-order valence-corrected chi connectivity index (χ3v) is 4.14. The Morgan fingerprint density at radius 3 is 2.35 bits per heavy atom. The molecular formula is C13H25N3O. The number of carbonyl (C=O) groups excluding carboxylic acids is 1. The molecule has 0 bridgehead atoms. The highest BCUT2D eigenvalue weighted by Gasteiger charge is 2.52. The summed E-state index contributed by atoms with van der Waals surface area (Å²) in [6.07, 6.45) is 2.26. The first-order valence-electron chi connectivity index (χ1n) is 6.67. The van der Waals surface area contributed by atoms with Crippen LogP contribution >= 0.6 is 0 Å². The van der Waals surface area contributed by atoms with E-state index >= 15 is 0 Å². The molecule has 1 saturated carbocycles. The fourth-order valence-corrected chi connectivity index (χ4v) is 2.57. The van der Waals surface area contributed by atoms with Gasteiger partial charge in [-0.3, -0.25) is 9.69 Å². The van der Waals surface area contributed by atoms with Crippen LogP contribution in [0.25, 0.3) is 0 Å². The number of carbonyl (C=O) groups is 1. The summed E-state index contributed by atoms with van der Waals surface area (Å²) in [7, 11) is 0. The summed E-state index contributed by atoms with van der Waals surface area (Å²) in [4.78, 5) is 14.3. The molecule has 98 valence electrons. The van der Waals surface area contributed by atoms with Crippen LogP contribution in [0, 0.1) is 5.41 Å². The zero-order chi connectivity index (χ0) is 12.5. The van der Waals surface area contributed by atoms with Crippen molar-refractivity contribution in [1.82, 2.24) is 15.5 Å². The van der Waals surface area contributed by atoms with Crippen LogP contribution in [0.4, 0.5) is 0 Å². The van der Waals surface area contributed by atoms with Gasteiger partial charge in [-0.2, -0.15) is 0 Å². The first kappa shape index (κ1) is 12.8. The summed E-state index contributed by atoms with van der Waals surface area (Å²) >= 11 is 0. The largest absolute Gasteiger partial charge is 0.349 e. The van der Waals surface area contributed by atoms with Crippen molar-refractivity contribution in [2.24, 2.45) is 5.41 Å². The van der Waals surface area contributed by atoms with Crippen molar-refractivity contribution in [3.63, 3.8) is 0 Å². The highest BCUT2D eigenvalue weighted by Crippen LogP contribution is 2.49. The second kappa shape index (κ2) is 4.58. The number of nitrogens with zero attached hydrogens (tertiary/aromatic N) is 1. The fourth-order valence-electron chi connectivity index (χ4n) is 2.57. The van der Waals surface area contributed by atoms with E-state index in [9.17, 15) is 4.79 Å². The molecule has 0 spiro atoms. The minimum absolute atomic E-state index is 0.0676. The predicted octanol–water partition coefficient (Wildman–Crippen LogP) is 0.587. The minimum Gasteiger partial charge on any atom is -0.349 e. The van der Waals surface area contributed by atoms with Gasteiger partial charge in [-0.1, -0.05) is 20.8 Å². The third kappa shape index (κ3) is 2.99. The summed E-state index contributed by atoms with van der Waals surface area (Å²) in [5.74, 6) is 0.194. The molecule has 4 nitrogen and oxygen atoms in total. The highest BCUT2D eigenvalue weighted by atomic mass is 16.2. The molecule has 1 aliphatic heterocycles. The van der Waals surface area contributed by atoms with Crippen molar-refractivity contribution in [2.75, 3.05) is 32.7 Å². The lowest BCUT2D eigenvalue weighted by molar-refractivity contribution is -0.124. The molecule has 0 radical (unpaired) electrons. The summed E-state index contributed by atoms with van der Waals surface area (Å²) in [5.41, 5.74) is 0.240. The summed E-state index contributed by atoms with van der Waals surface area (Å²) in [5, 5.41) is 6.55. The van der Waals surface area contributed by atoms with Gasteiger partial charge >= 0.3 is 0 Å². The van der Waals surface area contributed by atoms with Crippen LogP contribution in [0.15, 0.2) is 0 Å². The molecule has 0 aromatic heterocycles. The van der Waals surface area contributed by atoms with Gasteiger partial charge in [0, 0.05) is 31.7 Å². The molecule has 1 aliphatic carbocycles. The van der Waals surface area contributed by atoms with Crippen molar-refractivity contribution < 1.29 is 4.79 Å². The van der Waals surface area contributed by atoms with Gasteiger partial charge < -0.3 is 10.6 Å². The van der Waals surface area contributed by atoms with Gasteiger partial charge in [0.2, 0.25) is 5.91 Å². The quantitative estimate of drug-likeness (QED) is 0.757. The van der Waals surface area contributed by atoms with Gasteiger partial charge in [0.1, 0.15) is 0 Å². The molecule has 1 heterocycles. The third-order valence-electron chi connectivity index (χ3n) is 4.14.